The quantitative estimate of drug-likeness (QED) is 0.157. The number of aromatic nitrogens is 3. The van der Waals surface area contributed by atoms with E-state index >= 15 is 0 Å². The molecule has 0 fully saturated rings. The van der Waals surface area contributed by atoms with E-state index < -0.39 is 0 Å². The van der Waals surface area contributed by atoms with Crippen LogP contribution in [0.25, 0.3) is 90.1 Å². The molecule has 0 amide bonds. The van der Waals surface area contributed by atoms with Crippen molar-refractivity contribution in [2.45, 2.75) is 38.5 Å². The Morgan fingerprint density at radius 3 is 2.19 bits per heavy atom. The molecule has 11 aromatic rings. The summed E-state index contributed by atoms with van der Waals surface area (Å²) in [6.07, 6.45) is 13.5. The van der Waals surface area contributed by atoms with Crippen LogP contribution in [0.1, 0.15) is 55.6 Å². The van der Waals surface area contributed by atoms with Crippen LogP contribution in [-0.4, -0.2) is 15.0 Å². The number of rotatable bonds is 7. The topological polar surface area (TPSA) is 77.4 Å². The van der Waals surface area contributed by atoms with E-state index in [1.54, 1.807) is 0 Å². The van der Waals surface area contributed by atoms with Crippen LogP contribution in [-0.2, 0) is 5.41 Å². The Kier molecular flexibility index (Phi) is 10.1. The zero-order valence-corrected chi connectivity index (χ0v) is 41.1. The van der Waals surface area contributed by atoms with Crippen molar-refractivity contribution >= 4 is 56.4 Å². The molecule has 0 spiro atoms. The Hall–Kier alpha value is -9.33. The highest BCUT2D eigenvalue weighted by molar-refractivity contribution is 6.11. The van der Waals surface area contributed by atoms with Crippen molar-refractivity contribution < 1.29 is 13.6 Å². The molecule has 7 nitrogen and oxygen atoms in total. The van der Waals surface area contributed by atoms with Gasteiger partial charge in [-0.15, -0.1) is 0 Å². The van der Waals surface area contributed by atoms with E-state index in [4.69, 9.17) is 28.5 Å². The van der Waals surface area contributed by atoms with E-state index in [-0.39, 0.29) is 11.3 Å². The van der Waals surface area contributed by atoms with Crippen molar-refractivity contribution in [1.29, 1.82) is 0 Å². The molecule has 2 aliphatic carbocycles. The van der Waals surface area contributed by atoms with Gasteiger partial charge in [-0.1, -0.05) is 172 Å². The van der Waals surface area contributed by atoms with Gasteiger partial charge in [-0.05, 0) is 107 Å². The highest BCUT2D eigenvalue weighted by atomic mass is 16.5. The smallest absolute Gasteiger partial charge is 0.164 e. The minimum Gasteiger partial charge on any atom is -0.456 e. The van der Waals surface area contributed by atoms with Gasteiger partial charge in [0, 0.05) is 49.4 Å². The molecule has 14 rings (SSSR count). The van der Waals surface area contributed by atoms with Crippen LogP contribution in [0.2, 0.25) is 0 Å². The summed E-state index contributed by atoms with van der Waals surface area (Å²) in [5.74, 6) is 3.28. The van der Waals surface area contributed by atoms with Crippen LogP contribution in [0.15, 0.2) is 227 Å². The average molecular weight is 957 g/mol. The zero-order valence-electron chi connectivity index (χ0n) is 41.1. The predicted octanol–water partition coefficient (Wildman–Crippen LogP) is 15.5. The third-order valence-corrected chi connectivity index (χ3v) is 15.0. The summed E-state index contributed by atoms with van der Waals surface area (Å²) in [6, 6.07) is 63.6. The first-order chi connectivity index (χ1) is 36.4. The first-order valence-electron chi connectivity index (χ1n) is 25.3. The largest absolute Gasteiger partial charge is 0.456 e. The van der Waals surface area contributed by atoms with Gasteiger partial charge in [0.15, 0.2) is 23.2 Å². The Morgan fingerprint density at radius 1 is 0.595 bits per heavy atom. The van der Waals surface area contributed by atoms with E-state index in [0.29, 0.717) is 22.9 Å². The van der Waals surface area contributed by atoms with E-state index in [9.17, 15) is 0 Å². The summed E-state index contributed by atoms with van der Waals surface area (Å²) in [7, 11) is 0. The van der Waals surface area contributed by atoms with Gasteiger partial charge in [-0.2, -0.15) is 0 Å². The van der Waals surface area contributed by atoms with Gasteiger partial charge in [0.2, 0.25) is 0 Å². The summed E-state index contributed by atoms with van der Waals surface area (Å²) in [5, 5.41) is 3.81. The number of para-hydroxylation sites is 1. The SMILES string of the molecule is C/C=C\C=c1\oc2ccc(C3C=C4Oc5cc(-c6ccccc6)ccc5N(c5cccc6c5-c5ccccc5C6(C)C)C4=CC3)cc2c1=Cc1nc(-c2ccccc2)nc(-c2cccc3oc4ccccc4c23)n1. The Labute approximate surface area is 428 Å². The third kappa shape index (κ3) is 7.07. The second kappa shape index (κ2) is 17.2. The normalized spacial score (nSPS) is 16.0. The van der Waals surface area contributed by atoms with Crippen molar-refractivity contribution in [3.05, 3.63) is 251 Å². The number of furan rings is 2. The molecule has 0 N–H and O–H groups in total. The molecule has 0 radical (unpaired) electrons. The highest BCUT2D eigenvalue weighted by Gasteiger charge is 2.40. The molecule has 3 aliphatic rings. The fourth-order valence-electron chi connectivity index (χ4n) is 11.4. The second-order valence-electron chi connectivity index (χ2n) is 19.8. The lowest BCUT2D eigenvalue weighted by Gasteiger charge is -2.38. The fraction of sp³-hybridized carbons (Fsp3) is 0.0896. The molecule has 4 heterocycles. The van der Waals surface area contributed by atoms with Gasteiger partial charge < -0.3 is 18.5 Å². The first kappa shape index (κ1) is 43.5. The molecule has 1 unspecified atom stereocenters. The lowest BCUT2D eigenvalue weighted by Crippen LogP contribution is -2.28. The van der Waals surface area contributed by atoms with Crippen molar-refractivity contribution in [1.82, 2.24) is 15.0 Å². The predicted molar refractivity (Wildman–Crippen MR) is 298 cm³/mol. The Bertz CT molecular complexity index is 4310. The number of hydrogen-bond donors (Lipinski definition) is 0. The van der Waals surface area contributed by atoms with Crippen molar-refractivity contribution in [3.63, 3.8) is 0 Å². The Morgan fingerprint density at radius 2 is 1.32 bits per heavy atom. The first-order valence-corrected chi connectivity index (χ1v) is 25.3. The summed E-state index contributed by atoms with van der Waals surface area (Å²) < 4.78 is 20.1. The van der Waals surface area contributed by atoms with Gasteiger partial charge >= 0.3 is 0 Å². The van der Waals surface area contributed by atoms with Gasteiger partial charge in [-0.3, -0.25) is 0 Å². The minimum atomic E-state index is -0.147. The molecule has 1 atom stereocenters. The van der Waals surface area contributed by atoms with Gasteiger partial charge in [0.1, 0.15) is 27.9 Å². The van der Waals surface area contributed by atoms with E-state index in [1.807, 2.05) is 91.9 Å². The second-order valence-corrected chi connectivity index (χ2v) is 19.8. The van der Waals surface area contributed by atoms with Crippen LogP contribution < -0.4 is 20.3 Å². The maximum atomic E-state index is 7.10. The minimum absolute atomic E-state index is 0.00412. The number of benzene rings is 8. The van der Waals surface area contributed by atoms with Crippen LogP contribution >= 0.6 is 0 Å². The molecule has 1 aliphatic heterocycles. The number of ether oxygens (including phenoxy) is 1. The number of fused-ring (bicyclic) bond motifs is 9. The van der Waals surface area contributed by atoms with Crippen LogP contribution in [0.3, 0.4) is 0 Å². The van der Waals surface area contributed by atoms with Crippen LogP contribution in [0.4, 0.5) is 11.4 Å². The molecule has 8 aromatic carbocycles. The molecule has 354 valence electrons. The van der Waals surface area contributed by atoms with E-state index in [2.05, 4.69) is 152 Å². The molecule has 7 heteroatoms. The molecular formula is C67H48N4O3. The lowest BCUT2D eigenvalue weighted by molar-refractivity contribution is 0.414. The van der Waals surface area contributed by atoms with Gasteiger partial charge in [0.05, 0.1) is 17.1 Å². The molecular weight excluding hydrogens is 909 g/mol. The van der Waals surface area contributed by atoms with Crippen LogP contribution in [0, 0.1) is 0 Å². The lowest BCUT2D eigenvalue weighted by atomic mass is 9.82. The fourth-order valence-corrected chi connectivity index (χ4v) is 11.4. The van der Waals surface area contributed by atoms with Crippen LogP contribution in [0.5, 0.6) is 5.75 Å². The number of allylic oxidation sites excluding steroid dienone is 4. The summed E-state index contributed by atoms with van der Waals surface area (Å²) >= 11 is 0. The van der Waals surface area contributed by atoms with E-state index in [0.717, 1.165) is 101 Å². The monoisotopic (exact) mass is 956 g/mol. The molecule has 3 aromatic heterocycles. The summed E-state index contributed by atoms with van der Waals surface area (Å²) in [5.41, 5.74) is 16.5. The average Bonchev–Trinajstić information content (AvgIpc) is 4.10. The van der Waals surface area contributed by atoms with Crippen molar-refractivity contribution in [3.8, 4) is 50.8 Å². The highest BCUT2D eigenvalue weighted by Crippen LogP contribution is 2.56. The Balaban J connectivity index is 0.913. The van der Waals surface area contributed by atoms with E-state index in [1.165, 1.54) is 22.3 Å². The number of nitrogens with zero attached hydrogens (tertiary/aromatic N) is 4. The maximum absolute atomic E-state index is 7.10. The van der Waals surface area contributed by atoms with Crippen molar-refractivity contribution in [2.24, 2.45) is 0 Å². The third-order valence-electron chi connectivity index (χ3n) is 15.0. The van der Waals surface area contributed by atoms with Crippen molar-refractivity contribution in [2.75, 3.05) is 4.90 Å². The molecule has 0 saturated heterocycles. The van der Waals surface area contributed by atoms with Gasteiger partial charge in [0.25, 0.3) is 0 Å². The zero-order chi connectivity index (χ0) is 49.5. The molecule has 0 saturated carbocycles. The summed E-state index contributed by atoms with van der Waals surface area (Å²) in [6.45, 7) is 6.68. The maximum Gasteiger partial charge on any atom is 0.164 e. The summed E-state index contributed by atoms with van der Waals surface area (Å²) in [4.78, 5) is 17.9. The molecule has 0 bridgehead atoms. The number of anilines is 2. The number of hydrogen-bond acceptors (Lipinski definition) is 7. The molecule has 74 heavy (non-hydrogen) atoms. The van der Waals surface area contributed by atoms with Gasteiger partial charge in [-0.25, -0.2) is 15.0 Å². The standard InChI is InChI=1S/C67H48N4O3/c1-4-5-28-57-50(40-62-68-65(42-20-10-7-11-21-42)70-66(69-62)48-24-16-30-59-63(48)47-23-13-15-29-56(47)73-59)49-37-43(33-36-58(49)72-57)45-32-35-54-61(39-45)74-60-38-44(41-18-8-6-9-19-41)31-34-53(60)71(54)55-27-17-26-52-64(55)46-22-12-14-25-51(46)67(52,2)3/h4-31,33-40,45H,32H2,1-3H3/b5-4-,50-40?,57-28+.